The summed E-state index contributed by atoms with van der Waals surface area (Å²) >= 11 is 0. The molecule has 0 spiro atoms. The summed E-state index contributed by atoms with van der Waals surface area (Å²) in [4.78, 5) is 4.15. The fourth-order valence-electron chi connectivity index (χ4n) is 1.44. The highest BCUT2D eigenvalue weighted by Gasteiger charge is 2.42. The molecule has 13 heavy (non-hydrogen) atoms. The highest BCUT2D eigenvalue weighted by atomic mass is 16.3. The molecular formula is C11H15NO. The van der Waals surface area contributed by atoms with Crippen molar-refractivity contribution in [2.24, 2.45) is 0 Å². The van der Waals surface area contributed by atoms with Gasteiger partial charge < -0.3 is 5.11 Å². The van der Waals surface area contributed by atoms with E-state index >= 15 is 0 Å². The first-order chi connectivity index (χ1) is 6.12. The van der Waals surface area contributed by atoms with Gasteiger partial charge in [0.2, 0.25) is 0 Å². The minimum atomic E-state index is -0.544. The summed E-state index contributed by atoms with van der Waals surface area (Å²) in [5, 5.41) is 9.87. The summed E-state index contributed by atoms with van der Waals surface area (Å²) in [5.41, 5.74) is 1.65. The second-order valence-corrected chi connectivity index (χ2v) is 4.19. The van der Waals surface area contributed by atoms with Crippen LogP contribution in [0.2, 0.25) is 0 Å². The minimum absolute atomic E-state index is 0.481. The predicted molar refractivity (Wildman–Crippen MR) is 51.5 cm³/mol. The van der Waals surface area contributed by atoms with Gasteiger partial charge in [-0.2, -0.15) is 0 Å². The van der Waals surface area contributed by atoms with Crippen LogP contribution in [-0.4, -0.2) is 10.1 Å². The van der Waals surface area contributed by atoms with Crippen molar-refractivity contribution < 1.29 is 5.11 Å². The smallest absolute Gasteiger partial charge is 0.0913 e. The second-order valence-electron chi connectivity index (χ2n) is 4.19. The van der Waals surface area contributed by atoms with Crippen molar-refractivity contribution in [3.8, 4) is 0 Å². The van der Waals surface area contributed by atoms with Gasteiger partial charge in [0.1, 0.15) is 0 Å². The maximum Gasteiger partial charge on any atom is 0.0913 e. The molecule has 2 nitrogen and oxygen atoms in total. The van der Waals surface area contributed by atoms with E-state index in [1.165, 1.54) is 5.56 Å². The van der Waals surface area contributed by atoms with Gasteiger partial charge in [-0.1, -0.05) is 13.8 Å². The summed E-state index contributed by atoms with van der Waals surface area (Å²) in [6.45, 7) is 4.27. The first-order valence-electron chi connectivity index (χ1n) is 4.80. The molecule has 0 saturated heterocycles. The number of aliphatic hydroxyl groups is 1. The van der Waals surface area contributed by atoms with Crippen LogP contribution in [0.15, 0.2) is 18.5 Å². The molecule has 0 atom stereocenters. The van der Waals surface area contributed by atoms with Gasteiger partial charge in [-0.25, -0.2) is 0 Å². The van der Waals surface area contributed by atoms with Gasteiger partial charge in [-0.3, -0.25) is 4.98 Å². The normalized spacial score (nSPS) is 19.1. The number of aromatic nitrogens is 1. The van der Waals surface area contributed by atoms with E-state index < -0.39 is 5.60 Å². The summed E-state index contributed by atoms with van der Waals surface area (Å²) in [7, 11) is 0. The zero-order chi connectivity index (χ0) is 9.47. The quantitative estimate of drug-likeness (QED) is 0.751. The molecule has 1 fully saturated rings. The standard InChI is InChI=1S/C11H15NO/c1-8(2)9-5-10(7-12-6-9)11(13)3-4-11/h5-8,13H,3-4H2,1-2H3. The Morgan fingerprint density at radius 3 is 2.62 bits per heavy atom. The molecule has 0 bridgehead atoms. The molecule has 1 saturated carbocycles. The number of nitrogens with zero attached hydrogens (tertiary/aromatic N) is 1. The maximum atomic E-state index is 9.87. The number of pyridine rings is 1. The molecule has 1 N–H and O–H groups in total. The monoisotopic (exact) mass is 177 g/mol. The first-order valence-corrected chi connectivity index (χ1v) is 4.80. The fourth-order valence-corrected chi connectivity index (χ4v) is 1.44. The molecule has 0 aliphatic heterocycles. The Bertz CT molecular complexity index is 316. The molecular weight excluding hydrogens is 162 g/mol. The third-order valence-electron chi connectivity index (χ3n) is 2.69. The molecule has 0 aromatic carbocycles. The Morgan fingerprint density at radius 1 is 1.38 bits per heavy atom. The Kier molecular flexibility index (Phi) is 1.88. The zero-order valence-electron chi connectivity index (χ0n) is 8.12. The highest BCUT2D eigenvalue weighted by Crippen LogP contribution is 2.45. The van der Waals surface area contributed by atoms with E-state index in [1.54, 1.807) is 6.20 Å². The van der Waals surface area contributed by atoms with Crippen LogP contribution < -0.4 is 0 Å². The lowest BCUT2D eigenvalue weighted by Crippen LogP contribution is -2.05. The molecule has 2 rings (SSSR count). The van der Waals surface area contributed by atoms with Crippen molar-refractivity contribution in [1.82, 2.24) is 4.98 Å². The summed E-state index contributed by atoms with van der Waals surface area (Å²) in [6.07, 6.45) is 5.42. The van der Waals surface area contributed by atoms with Gasteiger partial charge in [-0.15, -0.1) is 0 Å². The summed E-state index contributed by atoms with van der Waals surface area (Å²) < 4.78 is 0. The fraction of sp³-hybridized carbons (Fsp3) is 0.545. The SMILES string of the molecule is CC(C)c1cncc(C2(O)CC2)c1. The van der Waals surface area contributed by atoms with Crippen molar-refractivity contribution in [3.05, 3.63) is 29.6 Å². The van der Waals surface area contributed by atoms with Gasteiger partial charge >= 0.3 is 0 Å². The topological polar surface area (TPSA) is 33.1 Å². The van der Waals surface area contributed by atoms with Crippen molar-refractivity contribution >= 4 is 0 Å². The van der Waals surface area contributed by atoms with E-state index in [2.05, 4.69) is 24.9 Å². The van der Waals surface area contributed by atoms with E-state index in [1.807, 2.05) is 6.20 Å². The van der Waals surface area contributed by atoms with Gasteiger partial charge in [-0.05, 0) is 30.4 Å². The Hall–Kier alpha value is -0.890. The van der Waals surface area contributed by atoms with E-state index in [9.17, 15) is 5.11 Å². The average Bonchev–Trinajstić information content (AvgIpc) is 2.85. The third-order valence-corrected chi connectivity index (χ3v) is 2.69. The van der Waals surface area contributed by atoms with Crippen LogP contribution in [0.5, 0.6) is 0 Å². The lowest BCUT2D eigenvalue weighted by Gasteiger charge is -2.10. The summed E-state index contributed by atoms with van der Waals surface area (Å²) in [5.74, 6) is 0.481. The summed E-state index contributed by atoms with van der Waals surface area (Å²) in [6, 6.07) is 2.07. The lowest BCUT2D eigenvalue weighted by molar-refractivity contribution is 0.151. The molecule has 0 unspecified atom stereocenters. The molecule has 1 aromatic heterocycles. The van der Waals surface area contributed by atoms with Crippen molar-refractivity contribution in [1.29, 1.82) is 0 Å². The molecule has 2 heteroatoms. The highest BCUT2D eigenvalue weighted by molar-refractivity contribution is 5.29. The molecule has 1 heterocycles. The lowest BCUT2D eigenvalue weighted by atomic mass is 10.0. The van der Waals surface area contributed by atoms with Crippen LogP contribution in [0.3, 0.4) is 0 Å². The molecule has 0 radical (unpaired) electrons. The van der Waals surface area contributed by atoms with Crippen LogP contribution in [0.4, 0.5) is 0 Å². The van der Waals surface area contributed by atoms with Crippen LogP contribution >= 0.6 is 0 Å². The first kappa shape index (κ1) is 8.70. The minimum Gasteiger partial charge on any atom is -0.385 e. The zero-order valence-corrected chi connectivity index (χ0v) is 8.12. The van der Waals surface area contributed by atoms with Crippen molar-refractivity contribution in [2.75, 3.05) is 0 Å². The molecule has 1 aromatic rings. The van der Waals surface area contributed by atoms with Crippen LogP contribution in [0, 0.1) is 0 Å². The van der Waals surface area contributed by atoms with E-state index in [0.717, 1.165) is 18.4 Å². The van der Waals surface area contributed by atoms with E-state index in [-0.39, 0.29) is 0 Å². The van der Waals surface area contributed by atoms with Gasteiger partial charge in [0.15, 0.2) is 0 Å². The Balaban J connectivity index is 2.33. The largest absolute Gasteiger partial charge is 0.385 e. The molecule has 0 amide bonds. The second kappa shape index (κ2) is 2.81. The average molecular weight is 177 g/mol. The van der Waals surface area contributed by atoms with E-state index in [0.29, 0.717) is 5.92 Å². The van der Waals surface area contributed by atoms with Gasteiger partial charge in [0.05, 0.1) is 5.60 Å². The van der Waals surface area contributed by atoms with Gasteiger partial charge in [0, 0.05) is 18.0 Å². The van der Waals surface area contributed by atoms with Crippen molar-refractivity contribution in [2.45, 2.75) is 38.2 Å². The molecule has 1 aliphatic carbocycles. The third kappa shape index (κ3) is 1.59. The van der Waals surface area contributed by atoms with E-state index in [4.69, 9.17) is 0 Å². The van der Waals surface area contributed by atoms with Crippen molar-refractivity contribution in [3.63, 3.8) is 0 Å². The Labute approximate surface area is 78.6 Å². The van der Waals surface area contributed by atoms with Gasteiger partial charge in [0.25, 0.3) is 0 Å². The van der Waals surface area contributed by atoms with Crippen LogP contribution in [-0.2, 0) is 5.60 Å². The predicted octanol–water partition coefficient (Wildman–Crippen LogP) is 2.19. The molecule has 1 aliphatic rings. The number of rotatable bonds is 2. The van der Waals surface area contributed by atoms with Crippen LogP contribution in [0.1, 0.15) is 43.7 Å². The Morgan fingerprint density at radius 2 is 2.08 bits per heavy atom. The maximum absolute atomic E-state index is 9.87. The number of hydrogen-bond donors (Lipinski definition) is 1. The van der Waals surface area contributed by atoms with Crippen LogP contribution in [0.25, 0.3) is 0 Å². The molecule has 70 valence electrons. The number of hydrogen-bond acceptors (Lipinski definition) is 2.